The Bertz CT molecular complexity index is 358. The molecule has 1 aromatic heterocycles. The first-order valence-electron chi connectivity index (χ1n) is 4.94. The standard InChI is InChI=1S/C10H13F3N2O2/c11-10(12,13)7-15(3-4-16)9-5-14-2-1-8(9)6-17/h1-2,5,16-17H,3-4,6-7H2. The van der Waals surface area contributed by atoms with Crippen molar-refractivity contribution in [1.82, 2.24) is 4.98 Å². The Labute approximate surface area is 96.3 Å². The molecule has 2 N–H and O–H groups in total. The van der Waals surface area contributed by atoms with Crippen molar-refractivity contribution in [2.45, 2.75) is 12.8 Å². The summed E-state index contributed by atoms with van der Waals surface area (Å²) in [4.78, 5) is 4.67. The highest BCUT2D eigenvalue weighted by Crippen LogP contribution is 2.24. The highest BCUT2D eigenvalue weighted by Gasteiger charge is 2.31. The van der Waals surface area contributed by atoms with Crippen LogP contribution < -0.4 is 4.90 Å². The Morgan fingerprint density at radius 1 is 1.29 bits per heavy atom. The number of pyridine rings is 1. The van der Waals surface area contributed by atoms with Crippen molar-refractivity contribution in [3.05, 3.63) is 24.0 Å². The van der Waals surface area contributed by atoms with Crippen LogP contribution in [0.5, 0.6) is 0 Å². The maximum Gasteiger partial charge on any atom is 0.405 e. The quantitative estimate of drug-likeness (QED) is 0.816. The molecule has 0 bridgehead atoms. The first-order valence-corrected chi connectivity index (χ1v) is 4.94. The predicted octanol–water partition coefficient (Wildman–Crippen LogP) is 0.935. The Kier molecular flexibility index (Phi) is 4.71. The maximum atomic E-state index is 12.3. The molecular formula is C10H13F3N2O2. The Hall–Kier alpha value is -1.34. The van der Waals surface area contributed by atoms with Crippen LogP contribution in [0.2, 0.25) is 0 Å². The average molecular weight is 250 g/mol. The zero-order valence-corrected chi connectivity index (χ0v) is 8.98. The smallest absolute Gasteiger partial charge is 0.395 e. The first kappa shape index (κ1) is 13.7. The van der Waals surface area contributed by atoms with E-state index >= 15 is 0 Å². The van der Waals surface area contributed by atoms with Crippen molar-refractivity contribution in [1.29, 1.82) is 0 Å². The minimum Gasteiger partial charge on any atom is -0.395 e. The molecule has 1 heterocycles. The van der Waals surface area contributed by atoms with Gasteiger partial charge in [-0.05, 0) is 6.07 Å². The maximum absolute atomic E-state index is 12.3. The molecule has 4 nitrogen and oxygen atoms in total. The molecule has 0 aliphatic heterocycles. The summed E-state index contributed by atoms with van der Waals surface area (Å²) in [6.07, 6.45) is -1.75. The molecule has 0 aliphatic carbocycles. The summed E-state index contributed by atoms with van der Waals surface area (Å²) >= 11 is 0. The molecule has 0 amide bonds. The van der Waals surface area contributed by atoms with Crippen molar-refractivity contribution >= 4 is 5.69 Å². The molecule has 0 saturated carbocycles. The molecule has 1 aromatic rings. The predicted molar refractivity (Wildman–Crippen MR) is 55.5 cm³/mol. The molecule has 0 aromatic carbocycles. The molecule has 96 valence electrons. The van der Waals surface area contributed by atoms with Crippen LogP contribution in [-0.4, -0.2) is 41.1 Å². The van der Waals surface area contributed by atoms with Crippen molar-refractivity contribution in [3.63, 3.8) is 0 Å². The zero-order valence-electron chi connectivity index (χ0n) is 8.98. The summed E-state index contributed by atoms with van der Waals surface area (Å²) in [5.41, 5.74) is 0.527. The third-order valence-electron chi connectivity index (χ3n) is 2.14. The van der Waals surface area contributed by atoms with Gasteiger partial charge in [-0.3, -0.25) is 4.98 Å². The second-order valence-corrected chi connectivity index (χ2v) is 3.42. The fourth-order valence-electron chi connectivity index (χ4n) is 1.46. The molecule has 0 unspecified atom stereocenters. The van der Waals surface area contributed by atoms with Gasteiger partial charge in [-0.1, -0.05) is 0 Å². The number of aliphatic hydroxyl groups is 2. The van der Waals surface area contributed by atoms with E-state index in [0.29, 0.717) is 5.56 Å². The molecule has 1 rings (SSSR count). The zero-order chi connectivity index (χ0) is 12.9. The van der Waals surface area contributed by atoms with Gasteiger partial charge in [0.15, 0.2) is 0 Å². The lowest BCUT2D eigenvalue weighted by Gasteiger charge is -2.26. The lowest BCUT2D eigenvalue weighted by atomic mass is 10.2. The van der Waals surface area contributed by atoms with E-state index in [9.17, 15) is 13.2 Å². The molecule has 17 heavy (non-hydrogen) atoms. The summed E-state index contributed by atoms with van der Waals surface area (Å²) in [5.74, 6) is 0. The van der Waals surface area contributed by atoms with Crippen LogP contribution in [-0.2, 0) is 6.61 Å². The Morgan fingerprint density at radius 3 is 2.53 bits per heavy atom. The Balaban J connectivity index is 2.96. The highest BCUT2D eigenvalue weighted by atomic mass is 19.4. The van der Waals surface area contributed by atoms with Gasteiger partial charge in [0.05, 0.1) is 25.1 Å². The van der Waals surface area contributed by atoms with E-state index in [0.717, 1.165) is 4.90 Å². The van der Waals surface area contributed by atoms with E-state index in [1.54, 1.807) is 0 Å². The van der Waals surface area contributed by atoms with E-state index in [-0.39, 0.29) is 18.8 Å². The molecular weight excluding hydrogens is 237 g/mol. The van der Waals surface area contributed by atoms with Crippen molar-refractivity contribution in [2.24, 2.45) is 0 Å². The lowest BCUT2D eigenvalue weighted by molar-refractivity contribution is -0.119. The number of rotatable bonds is 5. The molecule has 0 radical (unpaired) electrons. The third-order valence-corrected chi connectivity index (χ3v) is 2.14. The lowest BCUT2D eigenvalue weighted by Crippen LogP contribution is -2.36. The van der Waals surface area contributed by atoms with Gasteiger partial charge >= 0.3 is 6.18 Å². The van der Waals surface area contributed by atoms with Gasteiger partial charge < -0.3 is 15.1 Å². The van der Waals surface area contributed by atoms with E-state index in [2.05, 4.69) is 4.98 Å². The van der Waals surface area contributed by atoms with Gasteiger partial charge in [0.2, 0.25) is 0 Å². The van der Waals surface area contributed by atoms with E-state index in [4.69, 9.17) is 10.2 Å². The Morgan fingerprint density at radius 2 is 2.00 bits per heavy atom. The topological polar surface area (TPSA) is 56.6 Å². The summed E-state index contributed by atoms with van der Waals surface area (Å²) in [7, 11) is 0. The highest BCUT2D eigenvalue weighted by molar-refractivity contribution is 5.51. The van der Waals surface area contributed by atoms with Gasteiger partial charge in [0.25, 0.3) is 0 Å². The summed E-state index contributed by atoms with van der Waals surface area (Å²) < 4.78 is 37.0. The number of aliphatic hydroxyl groups excluding tert-OH is 2. The third kappa shape index (κ3) is 4.20. The molecule has 0 spiro atoms. The number of nitrogens with zero attached hydrogens (tertiary/aromatic N) is 2. The van der Waals surface area contributed by atoms with Crippen molar-refractivity contribution in [2.75, 3.05) is 24.6 Å². The van der Waals surface area contributed by atoms with Gasteiger partial charge in [0.1, 0.15) is 6.54 Å². The van der Waals surface area contributed by atoms with Crippen LogP contribution in [0.25, 0.3) is 0 Å². The number of hydrogen-bond acceptors (Lipinski definition) is 4. The van der Waals surface area contributed by atoms with Crippen molar-refractivity contribution < 1.29 is 23.4 Å². The summed E-state index contributed by atoms with van der Waals surface area (Å²) in [6.45, 7) is -2.14. The summed E-state index contributed by atoms with van der Waals surface area (Å²) in [6, 6.07) is 1.44. The second-order valence-electron chi connectivity index (χ2n) is 3.42. The van der Waals surface area contributed by atoms with Crippen LogP contribution in [0, 0.1) is 0 Å². The first-order chi connectivity index (χ1) is 7.98. The largest absolute Gasteiger partial charge is 0.405 e. The number of hydrogen-bond donors (Lipinski definition) is 2. The van der Waals surface area contributed by atoms with Crippen LogP contribution in [0.3, 0.4) is 0 Å². The monoisotopic (exact) mass is 250 g/mol. The van der Waals surface area contributed by atoms with Gasteiger partial charge in [-0.15, -0.1) is 0 Å². The molecule has 0 atom stereocenters. The second kappa shape index (κ2) is 5.83. The fraction of sp³-hybridized carbons (Fsp3) is 0.500. The van der Waals surface area contributed by atoms with Crippen LogP contribution in [0.1, 0.15) is 5.56 Å². The molecule has 7 heteroatoms. The van der Waals surface area contributed by atoms with E-state index in [1.807, 2.05) is 0 Å². The molecule has 0 fully saturated rings. The minimum absolute atomic E-state index is 0.168. The number of anilines is 1. The minimum atomic E-state index is -4.38. The number of halogens is 3. The average Bonchev–Trinajstić information content (AvgIpc) is 2.27. The number of aromatic nitrogens is 1. The normalized spacial score (nSPS) is 11.6. The SMILES string of the molecule is OCCN(CC(F)(F)F)c1cnccc1CO. The van der Waals surface area contributed by atoms with Crippen molar-refractivity contribution in [3.8, 4) is 0 Å². The van der Waals surface area contributed by atoms with E-state index in [1.165, 1.54) is 18.5 Å². The van der Waals surface area contributed by atoms with Gasteiger partial charge in [-0.25, -0.2) is 0 Å². The molecule has 0 saturated heterocycles. The summed E-state index contributed by atoms with van der Waals surface area (Å²) in [5, 5.41) is 17.8. The fourth-order valence-corrected chi connectivity index (χ4v) is 1.46. The molecule has 0 aliphatic rings. The van der Waals surface area contributed by atoms with Crippen LogP contribution in [0.4, 0.5) is 18.9 Å². The van der Waals surface area contributed by atoms with Gasteiger partial charge in [-0.2, -0.15) is 13.2 Å². The van der Waals surface area contributed by atoms with E-state index < -0.39 is 19.3 Å². The number of alkyl halides is 3. The van der Waals surface area contributed by atoms with Crippen LogP contribution >= 0.6 is 0 Å². The van der Waals surface area contributed by atoms with Gasteiger partial charge in [0, 0.05) is 18.3 Å². The van der Waals surface area contributed by atoms with Crippen LogP contribution in [0.15, 0.2) is 18.5 Å².